The lowest BCUT2D eigenvalue weighted by Crippen LogP contribution is -1.84. The molecule has 0 saturated carbocycles. The van der Waals surface area contributed by atoms with E-state index in [0.29, 0.717) is 0 Å². The van der Waals surface area contributed by atoms with Gasteiger partial charge < -0.3 is 0 Å². The lowest BCUT2D eigenvalue weighted by Gasteiger charge is -2.07. The standard InChI is InChI=1S/C9H8S/c1-2-6-9-8(4-1)5-3-7-10-9/h1-6H,7H2/i7D. The molecule has 0 bridgehead atoms. The monoisotopic (exact) mass is 149 g/mol. The summed E-state index contributed by atoms with van der Waals surface area (Å²) in [5.41, 5.74) is 1.12. The van der Waals surface area contributed by atoms with Crippen LogP contribution in [0.5, 0.6) is 0 Å². The number of benzene rings is 1. The van der Waals surface area contributed by atoms with E-state index < -0.39 is 0 Å². The van der Waals surface area contributed by atoms with Crippen molar-refractivity contribution in [3.8, 4) is 0 Å². The van der Waals surface area contributed by atoms with Crippen LogP contribution in [0, 0.1) is 0 Å². The van der Waals surface area contributed by atoms with Gasteiger partial charge in [0, 0.05) is 12.0 Å². The molecule has 0 spiro atoms. The minimum Gasteiger partial charge on any atom is -0.121 e. The summed E-state index contributed by atoms with van der Waals surface area (Å²) >= 11 is 1.59. The van der Waals surface area contributed by atoms with E-state index in [2.05, 4.69) is 12.1 Å². The molecule has 1 heteroatoms. The molecule has 0 saturated heterocycles. The number of fused-ring (bicyclic) bond motifs is 1. The fraction of sp³-hybridized carbons (Fsp3) is 0.111. The molecule has 0 aliphatic carbocycles. The molecule has 1 aromatic rings. The van der Waals surface area contributed by atoms with Crippen molar-refractivity contribution in [1.29, 1.82) is 0 Å². The molecular weight excluding hydrogens is 140 g/mol. The second kappa shape index (κ2) is 2.51. The average molecular weight is 149 g/mol. The highest BCUT2D eigenvalue weighted by Crippen LogP contribution is 2.27. The predicted octanol–water partition coefficient (Wildman–Crippen LogP) is 2.81. The minimum atomic E-state index is -0.120. The van der Waals surface area contributed by atoms with Gasteiger partial charge in [-0.2, -0.15) is 0 Å². The molecule has 0 N–H and O–H groups in total. The predicted molar refractivity (Wildman–Crippen MR) is 46.2 cm³/mol. The van der Waals surface area contributed by atoms with Crippen LogP contribution in [-0.2, 0) is 0 Å². The van der Waals surface area contributed by atoms with Crippen LogP contribution >= 0.6 is 11.8 Å². The maximum absolute atomic E-state index is 7.48. The van der Waals surface area contributed by atoms with Crippen molar-refractivity contribution in [2.45, 2.75) is 4.90 Å². The Hall–Kier alpha value is -0.690. The van der Waals surface area contributed by atoms with Crippen molar-refractivity contribution in [3.63, 3.8) is 0 Å². The van der Waals surface area contributed by atoms with E-state index in [0.717, 1.165) is 0 Å². The van der Waals surface area contributed by atoms with Crippen LogP contribution in [0.2, 0.25) is 0 Å². The highest BCUT2D eigenvalue weighted by molar-refractivity contribution is 7.99. The number of rotatable bonds is 0. The van der Waals surface area contributed by atoms with Gasteiger partial charge in [-0.1, -0.05) is 30.4 Å². The van der Waals surface area contributed by atoms with Gasteiger partial charge >= 0.3 is 0 Å². The summed E-state index contributed by atoms with van der Waals surface area (Å²) in [6.45, 7) is 0. The molecule has 10 heavy (non-hydrogen) atoms. The van der Waals surface area contributed by atoms with Crippen molar-refractivity contribution in [1.82, 2.24) is 0 Å². The molecule has 1 aromatic carbocycles. The van der Waals surface area contributed by atoms with E-state index in [1.54, 1.807) is 11.8 Å². The molecule has 1 unspecified atom stereocenters. The summed E-state index contributed by atoms with van der Waals surface area (Å²) in [5, 5.41) is 0. The smallest absolute Gasteiger partial charge is 0.0428 e. The normalized spacial score (nSPS) is 23.6. The topological polar surface area (TPSA) is 0 Å². The second-order valence-electron chi connectivity index (χ2n) is 2.15. The van der Waals surface area contributed by atoms with Crippen LogP contribution < -0.4 is 0 Å². The molecule has 0 amide bonds. The molecule has 2 rings (SSSR count). The molecular formula is C9H8S. The molecule has 0 fully saturated rings. The molecule has 1 atom stereocenters. The van der Waals surface area contributed by atoms with Gasteiger partial charge in [-0.3, -0.25) is 0 Å². The first-order valence-electron chi connectivity index (χ1n) is 3.80. The Morgan fingerprint density at radius 1 is 1.40 bits per heavy atom. The minimum absolute atomic E-state index is 0.120. The third-order valence-corrected chi connectivity index (χ3v) is 2.39. The van der Waals surface area contributed by atoms with Crippen LogP contribution in [0.15, 0.2) is 35.2 Å². The average Bonchev–Trinajstić information content (AvgIpc) is 2.04. The van der Waals surface area contributed by atoms with Crippen LogP contribution in [-0.4, -0.2) is 5.73 Å². The van der Waals surface area contributed by atoms with Crippen molar-refractivity contribution in [2.24, 2.45) is 0 Å². The molecule has 1 heterocycles. The first-order valence-corrected chi connectivity index (χ1v) is 4.10. The number of hydrogen-bond donors (Lipinski definition) is 0. The van der Waals surface area contributed by atoms with E-state index in [1.807, 2.05) is 24.3 Å². The molecule has 1 aliphatic heterocycles. The van der Waals surface area contributed by atoms with Gasteiger partial charge in [0.05, 0.1) is 0 Å². The molecule has 1 aliphatic rings. The molecule has 0 radical (unpaired) electrons. The zero-order valence-electron chi connectivity index (χ0n) is 6.45. The highest BCUT2D eigenvalue weighted by atomic mass is 32.2. The summed E-state index contributed by atoms with van der Waals surface area (Å²) in [5.74, 6) is 0. The Kier molecular flexibility index (Phi) is 1.26. The van der Waals surface area contributed by atoms with Crippen molar-refractivity contribution in [2.75, 3.05) is 5.73 Å². The fourth-order valence-electron chi connectivity index (χ4n) is 0.981. The lowest BCUT2D eigenvalue weighted by molar-refractivity contribution is 1.40. The third kappa shape index (κ3) is 0.971. The number of thioether (sulfide) groups is 1. The second-order valence-corrected chi connectivity index (χ2v) is 3.10. The van der Waals surface area contributed by atoms with Crippen molar-refractivity contribution >= 4 is 17.8 Å². The van der Waals surface area contributed by atoms with Crippen molar-refractivity contribution < 1.29 is 1.37 Å². The van der Waals surface area contributed by atoms with E-state index in [-0.39, 0.29) is 5.73 Å². The number of hydrogen-bond acceptors (Lipinski definition) is 1. The van der Waals surface area contributed by atoms with E-state index in [4.69, 9.17) is 1.37 Å². The molecule has 0 nitrogen and oxygen atoms in total. The first-order chi connectivity index (χ1) is 5.36. The maximum Gasteiger partial charge on any atom is 0.0428 e. The zero-order chi connectivity index (χ0) is 7.68. The quantitative estimate of drug-likeness (QED) is 0.546. The highest BCUT2D eigenvalue weighted by Gasteiger charge is 2.00. The third-order valence-electron chi connectivity index (χ3n) is 1.47. The van der Waals surface area contributed by atoms with Gasteiger partial charge in [0.1, 0.15) is 0 Å². The summed E-state index contributed by atoms with van der Waals surface area (Å²) in [7, 11) is 0. The van der Waals surface area contributed by atoms with Crippen LogP contribution in [0.1, 0.15) is 6.93 Å². The first kappa shape index (κ1) is 5.03. The fourth-order valence-corrected chi connectivity index (χ4v) is 1.71. The van der Waals surface area contributed by atoms with Gasteiger partial charge in [0.2, 0.25) is 0 Å². The van der Waals surface area contributed by atoms with Gasteiger partial charge in [-0.15, -0.1) is 11.8 Å². The van der Waals surface area contributed by atoms with Crippen LogP contribution in [0.3, 0.4) is 0 Å². The molecule has 50 valence electrons. The van der Waals surface area contributed by atoms with Gasteiger partial charge in [-0.05, 0) is 11.6 Å². The maximum atomic E-state index is 7.48. The van der Waals surface area contributed by atoms with Gasteiger partial charge in [0.15, 0.2) is 0 Å². The van der Waals surface area contributed by atoms with E-state index in [1.165, 1.54) is 10.5 Å². The van der Waals surface area contributed by atoms with Crippen LogP contribution in [0.25, 0.3) is 6.08 Å². The Balaban J connectivity index is 2.46. The Morgan fingerprint density at radius 3 is 3.30 bits per heavy atom. The van der Waals surface area contributed by atoms with Gasteiger partial charge in [-0.25, -0.2) is 0 Å². The van der Waals surface area contributed by atoms with E-state index >= 15 is 0 Å². The summed E-state index contributed by atoms with van der Waals surface area (Å²) in [6, 6.07) is 8.17. The molecule has 0 aromatic heterocycles. The largest absolute Gasteiger partial charge is 0.121 e. The Bertz CT molecular complexity index is 293. The Labute approximate surface area is 66.4 Å². The summed E-state index contributed by atoms with van der Waals surface area (Å²) < 4.78 is 7.48. The van der Waals surface area contributed by atoms with Gasteiger partial charge in [0.25, 0.3) is 0 Å². The van der Waals surface area contributed by atoms with Crippen LogP contribution in [0.4, 0.5) is 0 Å². The summed E-state index contributed by atoms with van der Waals surface area (Å²) in [4.78, 5) is 1.22. The Morgan fingerprint density at radius 2 is 2.30 bits per heavy atom. The SMILES string of the molecule is [2H]C1C=Cc2ccccc2S1. The summed E-state index contributed by atoms with van der Waals surface area (Å²) in [6.07, 6.45) is 3.93. The van der Waals surface area contributed by atoms with Crippen molar-refractivity contribution in [3.05, 3.63) is 35.9 Å². The zero-order valence-corrected chi connectivity index (χ0v) is 6.27. The lowest BCUT2D eigenvalue weighted by atomic mass is 10.2. The van der Waals surface area contributed by atoms with E-state index in [9.17, 15) is 0 Å².